The van der Waals surface area contributed by atoms with Crippen LogP contribution >= 0.6 is 0 Å². The van der Waals surface area contributed by atoms with Crippen LogP contribution in [0.5, 0.6) is 0 Å². The van der Waals surface area contributed by atoms with Gasteiger partial charge in [0.1, 0.15) is 0 Å². The van der Waals surface area contributed by atoms with Crippen molar-refractivity contribution in [3.8, 4) is 0 Å². The first-order chi connectivity index (χ1) is 7.84. The molecule has 0 saturated heterocycles. The van der Waals surface area contributed by atoms with Crippen LogP contribution in [0.25, 0.3) is 0 Å². The lowest BCUT2D eigenvalue weighted by Gasteiger charge is -2.27. The first kappa shape index (κ1) is 14.0. The number of carboxylic acids is 1. The summed E-state index contributed by atoms with van der Waals surface area (Å²) in [7, 11) is 0. The summed E-state index contributed by atoms with van der Waals surface area (Å²) in [4.78, 5) is 23.0. The van der Waals surface area contributed by atoms with Crippen LogP contribution in [0, 0.1) is 5.41 Å². The van der Waals surface area contributed by atoms with Gasteiger partial charge in [-0.15, -0.1) is 0 Å². The van der Waals surface area contributed by atoms with Crippen LogP contribution in [-0.4, -0.2) is 29.1 Å². The number of amides is 1. The number of hydrogen-bond donors (Lipinski definition) is 3. The Bertz CT molecular complexity index is 311. The first-order valence-corrected chi connectivity index (χ1v) is 6.15. The van der Waals surface area contributed by atoms with Crippen LogP contribution in [-0.2, 0) is 9.59 Å². The molecule has 1 amide bonds. The first-order valence-electron chi connectivity index (χ1n) is 6.15. The maximum Gasteiger partial charge on any atom is 0.311 e. The molecule has 1 aliphatic rings. The van der Waals surface area contributed by atoms with E-state index in [-0.39, 0.29) is 12.5 Å². The van der Waals surface area contributed by atoms with Crippen molar-refractivity contribution >= 4 is 11.9 Å². The number of aliphatic carboxylic acids is 1. The summed E-state index contributed by atoms with van der Waals surface area (Å²) >= 11 is 0. The SMILES string of the molecule is CCC(C)(CNC(=O)C1(N)CCCC1)C(=O)O. The van der Waals surface area contributed by atoms with Gasteiger partial charge in [0, 0.05) is 6.54 Å². The number of carbonyl (C=O) groups is 2. The van der Waals surface area contributed by atoms with Crippen molar-refractivity contribution in [2.75, 3.05) is 6.54 Å². The third kappa shape index (κ3) is 2.97. The number of carbonyl (C=O) groups excluding carboxylic acids is 1. The molecule has 0 aliphatic heterocycles. The van der Waals surface area contributed by atoms with E-state index in [0.29, 0.717) is 19.3 Å². The van der Waals surface area contributed by atoms with Crippen LogP contribution < -0.4 is 11.1 Å². The molecule has 5 nitrogen and oxygen atoms in total. The Morgan fingerprint density at radius 2 is 1.94 bits per heavy atom. The predicted octanol–water partition coefficient (Wildman–Crippen LogP) is 0.875. The molecule has 0 spiro atoms. The highest BCUT2D eigenvalue weighted by molar-refractivity contribution is 5.87. The molecule has 17 heavy (non-hydrogen) atoms. The molecule has 0 aromatic carbocycles. The maximum absolute atomic E-state index is 11.9. The minimum absolute atomic E-state index is 0.136. The molecule has 0 heterocycles. The van der Waals surface area contributed by atoms with Crippen LogP contribution in [0.3, 0.4) is 0 Å². The van der Waals surface area contributed by atoms with Gasteiger partial charge in [-0.25, -0.2) is 0 Å². The summed E-state index contributed by atoms with van der Waals surface area (Å²) in [6, 6.07) is 0. The molecule has 5 heteroatoms. The molecule has 1 unspecified atom stereocenters. The second-order valence-electron chi connectivity index (χ2n) is 5.27. The van der Waals surface area contributed by atoms with Crippen LogP contribution in [0.15, 0.2) is 0 Å². The topological polar surface area (TPSA) is 92.4 Å². The average molecular weight is 242 g/mol. The van der Waals surface area contributed by atoms with Crippen molar-refractivity contribution in [2.45, 2.75) is 51.5 Å². The number of nitrogens with two attached hydrogens (primary N) is 1. The molecule has 1 aliphatic carbocycles. The highest BCUT2D eigenvalue weighted by atomic mass is 16.4. The molecule has 1 atom stereocenters. The third-order valence-corrected chi connectivity index (χ3v) is 3.88. The van der Waals surface area contributed by atoms with E-state index in [1.807, 2.05) is 0 Å². The van der Waals surface area contributed by atoms with E-state index in [9.17, 15) is 9.59 Å². The lowest BCUT2D eigenvalue weighted by atomic mass is 9.87. The Hall–Kier alpha value is -1.10. The van der Waals surface area contributed by atoms with Gasteiger partial charge < -0.3 is 16.2 Å². The van der Waals surface area contributed by atoms with Gasteiger partial charge in [-0.2, -0.15) is 0 Å². The Morgan fingerprint density at radius 3 is 2.35 bits per heavy atom. The summed E-state index contributed by atoms with van der Waals surface area (Å²) in [5.41, 5.74) is 4.29. The van der Waals surface area contributed by atoms with E-state index in [0.717, 1.165) is 12.8 Å². The van der Waals surface area contributed by atoms with E-state index in [1.165, 1.54) is 0 Å². The van der Waals surface area contributed by atoms with E-state index < -0.39 is 16.9 Å². The number of nitrogens with one attached hydrogen (secondary N) is 1. The van der Waals surface area contributed by atoms with Crippen molar-refractivity contribution in [2.24, 2.45) is 11.1 Å². The monoisotopic (exact) mass is 242 g/mol. The van der Waals surface area contributed by atoms with Gasteiger partial charge in [-0.3, -0.25) is 9.59 Å². The average Bonchev–Trinajstić information content (AvgIpc) is 2.73. The van der Waals surface area contributed by atoms with E-state index >= 15 is 0 Å². The number of carboxylic acid groups (broad SMARTS) is 1. The van der Waals surface area contributed by atoms with Gasteiger partial charge in [0.25, 0.3) is 0 Å². The molecule has 98 valence electrons. The fourth-order valence-electron chi connectivity index (χ4n) is 2.04. The molecular weight excluding hydrogens is 220 g/mol. The Balaban J connectivity index is 2.55. The summed E-state index contributed by atoms with van der Waals surface area (Å²) in [5.74, 6) is -1.10. The zero-order valence-electron chi connectivity index (χ0n) is 10.6. The normalized spacial score (nSPS) is 21.8. The zero-order chi connectivity index (χ0) is 13.1. The third-order valence-electron chi connectivity index (χ3n) is 3.88. The largest absolute Gasteiger partial charge is 0.481 e. The van der Waals surface area contributed by atoms with Crippen molar-refractivity contribution in [3.05, 3.63) is 0 Å². The maximum atomic E-state index is 11.9. The number of hydrogen-bond acceptors (Lipinski definition) is 3. The fraction of sp³-hybridized carbons (Fsp3) is 0.833. The summed E-state index contributed by atoms with van der Waals surface area (Å²) in [5, 5.41) is 11.8. The molecule has 0 radical (unpaired) electrons. The highest BCUT2D eigenvalue weighted by Crippen LogP contribution is 2.28. The molecule has 4 N–H and O–H groups in total. The Labute approximate surface area is 102 Å². The summed E-state index contributed by atoms with van der Waals surface area (Å²) < 4.78 is 0. The molecule has 1 fully saturated rings. The second kappa shape index (κ2) is 5.04. The minimum Gasteiger partial charge on any atom is -0.481 e. The van der Waals surface area contributed by atoms with Crippen molar-refractivity contribution in [1.82, 2.24) is 5.32 Å². The highest BCUT2D eigenvalue weighted by Gasteiger charge is 2.39. The lowest BCUT2D eigenvalue weighted by molar-refractivity contribution is -0.148. The van der Waals surface area contributed by atoms with Crippen LogP contribution in [0.2, 0.25) is 0 Å². The molecule has 0 bridgehead atoms. The zero-order valence-corrected chi connectivity index (χ0v) is 10.6. The lowest BCUT2D eigenvalue weighted by Crippen LogP contribution is -2.54. The van der Waals surface area contributed by atoms with Gasteiger partial charge in [0.05, 0.1) is 11.0 Å². The van der Waals surface area contributed by atoms with Crippen LogP contribution in [0.4, 0.5) is 0 Å². The van der Waals surface area contributed by atoms with E-state index in [4.69, 9.17) is 10.8 Å². The minimum atomic E-state index is -0.912. The Kier molecular flexibility index (Phi) is 4.14. The molecular formula is C12H22N2O3. The summed E-state index contributed by atoms with van der Waals surface area (Å²) in [6.45, 7) is 3.57. The Morgan fingerprint density at radius 1 is 1.41 bits per heavy atom. The van der Waals surface area contributed by atoms with E-state index in [1.54, 1.807) is 13.8 Å². The quantitative estimate of drug-likeness (QED) is 0.667. The summed E-state index contributed by atoms with van der Waals surface area (Å²) in [6.07, 6.45) is 3.78. The molecule has 1 rings (SSSR count). The van der Waals surface area contributed by atoms with Gasteiger partial charge in [-0.1, -0.05) is 19.8 Å². The number of rotatable bonds is 5. The predicted molar refractivity (Wildman–Crippen MR) is 64.4 cm³/mol. The fourth-order valence-corrected chi connectivity index (χ4v) is 2.04. The van der Waals surface area contributed by atoms with Gasteiger partial charge in [0.15, 0.2) is 0 Å². The standard InChI is InChI=1S/C12H22N2O3/c1-3-11(2,10(16)17)8-14-9(15)12(13)6-4-5-7-12/h3-8,13H2,1-2H3,(H,14,15)(H,16,17). The smallest absolute Gasteiger partial charge is 0.311 e. The van der Waals surface area contributed by atoms with Gasteiger partial charge >= 0.3 is 5.97 Å². The van der Waals surface area contributed by atoms with Crippen molar-refractivity contribution in [3.63, 3.8) is 0 Å². The van der Waals surface area contributed by atoms with E-state index in [2.05, 4.69) is 5.32 Å². The molecule has 0 aromatic heterocycles. The van der Waals surface area contributed by atoms with Crippen molar-refractivity contribution in [1.29, 1.82) is 0 Å². The van der Waals surface area contributed by atoms with Gasteiger partial charge in [0.2, 0.25) is 5.91 Å². The molecule has 0 aromatic rings. The molecule has 1 saturated carbocycles. The second-order valence-corrected chi connectivity index (χ2v) is 5.27. The van der Waals surface area contributed by atoms with Crippen molar-refractivity contribution < 1.29 is 14.7 Å². The van der Waals surface area contributed by atoms with Gasteiger partial charge in [-0.05, 0) is 26.2 Å². The van der Waals surface area contributed by atoms with Crippen LogP contribution in [0.1, 0.15) is 46.0 Å².